The topological polar surface area (TPSA) is 56.8 Å². The number of hydrogen-bond acceptors (Lipinski definition) is 5. The van der Waals surface area contributed by atoms with Crippen LogP contribution in [0.3, 0.4) is 0 Å². The smallest absolute Gasteiger partial charge is 0.319 e. The SMILES string of the molecule is CCOC(=O)CNCC(OC)OC.Cl. The second-order valence-corrected chi connectivity index (χ2v) is 2.34. The highest BCUT2D eigenvalue weighted by Gasteiger charge is 2.05. The van der Waals surface area contributed by atoms with Crippen molar-refractivity contribution in [2.45, 2.75) is 13.2 Å². The van der Waals surface area contributed by atoms with Gasteiger partial charge in [-0.1, -0.05) is 0 Å². The van der Waals surface area contributed by atoms with Crippen LogP contribution in [-0.4, -0.2) is 46.2 Å². The number of nitrogens with one attached hydrogen (secondary N) is 1. The Labute approximate surface area is 90.5 Å². The molecule has 0 amide bonds. The molecule has 14 heavy (non-hydrogen) atoms. The van der Waals surface area contributed by atoms with Gasteiger partial charge in [0.15, 0.2) is 6.29 Å². The van der Waals surface area contributed by atoms with Gasteiger partial charge in [-0.25, -0.2) is 0 Å². The van der Waals surface area contributed by atoms with Crippen LogP contribution in [0.25, 0.3) is 0 Å². The third-order valence-corrected chi connectivity index (χ3v) is 1.41. The Morgan fingerprint density at radius 2 is 1.93 bits per heavy atom. The molecule has 0 spiro atoms. The molecule has 0 unspecified atom stereocenters. The molecule has 0 bridgehead atoms. The lowest BCUT2D eigenvalue weighted by molar-refractivity contribution is -0.142. The average Bonchev–Trinajstić information content (AvgIpc) is 2.13. The lowest BCUT2D eigenvalue weighted by Crippen LogP contribution is -2.33. The van der Waals surface area contributed by atoms with E-state index in [9.17, 15) is 4.79 Å². The maximum Gasteiger partial charge on any atom is 0.319 e. The fourth-order valence-corrected chi connectivity index (χ4v) is 0.767. The van der Waals surface area contributed by atoms with E-state index in [4.69, 9.17) is 14.2 Å². The molecule has 0 rings (SSSR count). The molecule has 0 saturated carbocycles. The van der Waals surface area contributed by atoms with Crippen LogP contribution in [0.15, 0.2) is 0 Å². The molecule has 0 aromatic rings. The van der Waals surface area contributed by atoms with Gasteiger partial charge < -0.3 is 19.5 Å². The summed E-state index contributed by atoms with van der Waals surface area (Å²) in [6, 6.07) is 0. The van der Waals surface area contributed by atoms with Crippen LogP contribution in [0.1, 0.15) is 6.92 Å². The minimum absolute atomic E-state index is 0. The summed E-state index contributed by atoms with van der Waals surface area (Å²) in [5, 5.41) is 2.85. The first-order chi connectivity index (χ1) is 6.24. The molecule has 0 radical (unpaired) electrons. The molecule has 0 fully saturated rings. The summed E-state index contributed by atoms with van der Waals surface area (Å²) in [5.41, 5.74) is 0. The number of hydrogen-bond donors (Lipinski definition) is 1. The minimum atomic E-state index is -0.325. The van der Waals surface area contributed by atoms with Crippen molar-refractivity contribution in [3.8, 4) is 0 Å². The van der Waals surface area contributed by atoms with Crippen molar-refractivity contribution in [1.29, 1.82) is 0 Å². The summed E-state index contributed by atoms with van der Waals surface area (Å²) in [7, 11) is 3.08. The van der Waals surface area contributed by atoms with Crippen LogP contribution >= 0.6 is 12.4 Å². The van der Waals surface area contributed by atoms with Crippen molar-refractivity contribution in [1.82, 2.24) is 5.32 Å². The zero-order chi connectivity index (χ0) is 10.1. The van der Waals surface area contributed by atoms with E-state index in [2.05, 4.69) is 5.32 Å². The van der Waals surface area contributed by atoms with Gasteiger partial charge >= 0.3 is 5.97 Å². The number of esters is 1. The number of halogens is 1. The Kier molecular flexibility index (Phi) is 12.3. The third-order valence-electron chi connectivity index (χ3n) is 1.41. The normalized spacial score (nSPS) is 9.71. The van der Waals surface area contributed by atoms with Crippen LogP contribution < -0.4 is 5.32 Å². The third kappa shape index (κ3) is 8.25. The minimum Gasteiger partial charge on any atom is -0.465 e. The largest absolute Gasteiger partial charge is 0.465 e. The molecule has 6 heteroatoms. The highest BCUT2D eigenvalue weighted by molar-refractivity contribution is 5.85. The number of carbonyl (C=O) groups excluding carboxylic acids is 1. The van der Waals surface area contributed by atoms with Gasteiger partial charge in [-0.15, -0.1) is 12.4 Å². The fourth-order valence-electron chi connectivity index (χ4n) is 0.767. The molecule has 0 aromatic heterocycles. The number of ether oxygens (including phenoxy) is 3. The van der Waals surface area contributed by atoms with Crippen molar-refractivity contribution >= 4 is 18.4 Å². The molecule has 5 nitrogen and oxygen atoms in total. The first-order valence-electron chi connectivity index (χ1n) is 4.16. The summed E-state index contributed by atoms with van der Waals surface area (Å²) in [6.45, 7) is 2.81. The molecular formula is C8H18ClNO4. The predicted octanol–water partition coefficient (Wildman–Crippen LogP) is 0.180. The fraction of sp³-hybridized carbons (Fsp3) is 0.875. The van der Waals surface area contributed by atoms with E-state index < -0.39 is 0 Å². The van der Waals surface area contributed by atoms with E-state index in [-0.39, 0.29) is 31.2 Å². The van der Waals surface area contributed by atoms with E-state index in [1.807, 2.05) is 0 Å². The van der Waals surface area contributed by atoms with E-state index in [0.29, 0.717) is 13.2 Å². The van der Waals surface area contributed by atoms with E-state index in [0.717, 1.165) is 0 Å². The van der Waals surface area contributed by atoms with Gasteiger partial charge in [-0.3, -0.25) is 4.79 Å². The van der Waals surface area contributed by atoms with Gasteiger partial charge in [0.25, 0.3) is 0 Å². The number of rotatable bonds is 7. The molecule has 86 valence electrons. The predicted molar refractivity (Wildman–Crippen MR) is 54.6 cm³/mol. The lowest BCUT2D eigenvalue weighted by Gasteiger charge is -2.13. The quantitative estimate of drug-likeness (QED) is 0.497. The van der Waals surface area contributed by atoms with Crippen LogP contribution in [0, 0.1) is 0 Å². The maximum atomic E-state index is 10.8. The summed E-state index contributed by atoms with van der Waals surface area (Å²) < 4.78 is 14.5. The number of methoxy groups -OCH3 is 2. The van der Waals surface area contributed by atoms with Gasteiger partial charge in [-0.2, -0.15) is 0 Å². The van der Waals surface area contributed by atoms with Gasteiger partial charge in [-0.05, 0) is 6.92 Å². The average molecular weight is 228 g/mol. The second kappa shape index (κ2) is 10.7. The summed E-state index contributed by atoms with van der Waals surface area (Å²) >= 11 is 0. The summed E-state index contributed by atoms with van der Waals surface area (Å²) in [6.07, 6.45) is -0.325. The molecule has 0 aliphatic rings. The molecule has 1 N–H and O–H groups in total. The Morgan fingerprint density at radius 3 is 2.36 bits per heavy atom. The molecular weight excluding hydrogens is 210 g/mol. The second-order valence-electron chi connectivity index (χ2n) is 2.34. The molecule has 0 aliphatic carbocycles. The van der Waals surface area contributed by atoms with Gasteiger partial charge in [0.1, 0.15) is 0 Å². The van der Waals surface area contributed by atoms with E-state index in [1.165, 1.54) is 0 Å². The standard InChI is InChI=1S/C8H17NO4.ClH/c1-4-13-7(10)5-9-6-8(11-2)12-3;/h8-9H,4-6H2,1-3H3;1H. The number of carbonyl (C=O) groups is 1. The molecule has 0 aliphatic heterocycles. The first-order valence-corrected chi connectivity index (χ1v) is 4.16. The molecule has 0 atom stereocenters. The highest BCUT2D eigenvalue weighted by atomic mass is 35.5. The zero-order valence-electron chi connectivity index (χ0n) is 8.74. The Morgan fingerprint density at radius 1 is 1.36 bits per heavy atom. The van der Waals surface area contributed by atoms with E-state index >= 15 is 0 Å². The van der Waals surface area contributed by atoms with Crippen molar-refractivity contribution in [3.63, 3.8) is 0 Å². The van der Waals surface area contributed by atoms with Crippen molar-refractivity contribution < 1.29 is 19.0 Å². The Balaban J connectivity index is 0. The van der Waals surface area contributed by atoms with Crippen LogP contribution in [0.5, 0.6) is 0 Å². The zero-order valence-corrected chi connectivity index (χ0v) is 9.56. The van der Waals surface area contributed by atoms with E-state index in [1.54, 1.807) is 21.1 Å². The van der Waals surface area contributed by atoms with Crippen LogP contribution in [0.2, 0.25) is 0 Å². The molecule has 0 aromatic carbocycles. The summed E-state index contributed by atoms with van der Waals surface area (Å²) in [4.78, 5) is 10.8. The first kappa shape index (κ1) is 16.1. The Hall–Kier alpha value is -0.360. The molecule has 0 heterocycles. The van der Waals surface area contributed by atoms with Crippen LogP contribution in [0.4, 0.5) is 0 Å². The summed E-state index contributed by atoms with van der Waals surface area (Å²) in [5.74, 6) is -0.270. The Bertz CT molecular complexity index is 141. The van der Waals surface area contributed by atoms with Gasteiger partial charge in [0.05, 0.1) is 13.2 Å². The van der Waals surface area contributed by atoms with Crippen molar-refractivity contribution in [3.05, 3.63) is 0 Å². The van der Waals surface area contributed by atoms with Crippen LogP contribution in [-0.2, 0) is 19.0 Å². The lowest BCUT2D eigenvalue weighted by atomic mass is 10.5. The van der Waals surface area contributed by atoms with Gasteiger partial charge in [0, 0.05) is 20.8 Å². The van der Waals surface area contributed by atoms with Crippen molar-refractivity contribution in [2.75, 3.05) is 33.9 Å². The molecule has 0 saturated heterocycles. The highest BCUT2D eigenvalue weighted by Crippen LogP contribution is 1.87. The monoisotopic (exact) mass is 227 g/mol. The maximum absolute atomic E-state index is 10.8. The van der Waals surface area contributed by atoms with Crippen molar-refractivity contribution in [2.24, 2.45) is 0 Å². The van der Waals surface area contributed by atoms with Gasteiger partial charge in [0.2, 0.25) is 0 Å².